The van der Waals surface area contributed by atoms with Crippen LogP contribution in [0.4, 0.5) is 10.5 Å². The second-order valence-corrected chi connectivity index (χ2v) is 7.45. The topological polar surface area (TPSA) is 101 Å². The van der Waals surface area contributed by atoms with Crippen molar-refractivity contribution in [2.24, 2.45) is 0 Å². The van der Waals surface area contributed by atoms with E-state index in [0.717, 1.165) is 9.87 Å². The minimum absolute atomic E-state index is 0.101. The van der Waals surface area contributed by atoms with E-state index < -0.39 is 16.1 Å². The number of carbonyl (C=O) groups is 1. The van der Waals surface area contributed by atoms with Gasteiger partial charge in [0.15, 0.2) is 0 Å². The molecule has 0 fully saturated rings. The summed E-state index contributed by atoms with van der Waals surface area (Å²) in [7, 11) is 0.836. The predicted octanol–water partition coefficient (Wildman–Crippen LogP) is 1.66. The van der Waals surface area contributed by atoms with E-state index in [1.54, 1.807) is 30.5 Å². The van der Waals surface area contributed by atoms with E-state index in [1.807, 2.05) is 0 Å². The number of ether oxygens (including phenoxy) is 1. The molecule has 2 rings (SSSR count). The maximum absolute atomic E-state index is 12.1. The summed E-state index contributed by atoms with van der Waals surface area (Å²) in [5.74, 6) is 0.432. The van der Waals surface area contributed by atoms with Crippen molar-refractivity contribution in [2.45, 2.75) is 11.4 Å². The normalized spacial score (nSPS) is 11.2. The van der Waals surface area contributed by atoms with Gasteiger partial charge in [-0.25, -0.2) is 22.5 Å². The lowest BCUT2D eigenvalue weighted by Crippen LogP contribution is -2.28. The molecule has 0 saturated heterocycles. The van der Waals surface area contributed by atoms with E-state index in [4.69, 9.17) is 4.74 Å². The first-order valence-electron chi connectivity index (χ1n) is 7.40. The average Bonchev–Trinajstić information content (AvgIpc) is 2.60. The number of carbonyl (C=O) groups excluding carboxylic acids is 1. The van der Waals surface area contributed by atoms with Gasteiger partial charge in [-0.3, -0.25) is 0 Å². The zero-order valence-corrected chi connectivity index (χ0v) is 15.0. The molecular formula is C16H20N4O4S. The molecule has 0 aliphatic carbocycles. The van der Waals surface area contributed by atoms with Crippen LogP contribution >= 0.6 is 0 Å². The number of aromatic nitrogens is 1. The lowest BCUT2D eigenvalue weighted by Gasteiger charge is -2.13. The Morgan fingerprint density at radius 2 is 2.00 bits per heavy atom. The number of sulfonamides is 1. The number of anilines is 1. The number of hydrogen-bond donors (Lipinski definition) is 2. The van der Waals surface area contributed by atoms with Crippen molar-refractivity contribution in [2.75, 3.05) is 26.5 Å². The van der Waals surface area contributed by atoms with Crippen molar-refractivity contribution >= 4 is 21.7 Å². The molecule has 0 aliphatic heterocycles. The van der Waals surface area contributed by atoms with Crippen LogP contribution in [0.2, 0.25) is 0 Å². The quantitative estimate of drug-likeness (QED) is 0.812. The Bertz CT molecular complexity index is 853. The van der Waals surface area contributed by atoms with Crippen LogP contribution in [0.25, 0.3) is 0 Å². The molecule has 9 heteroatoms. The Morgan fingerprint density at radius 3 is 2.68 bits per heavy atom. The van der Waals surface area contributed by atoms with Gasteiger partial charge in [0, 0.05) is 38.1 Å². The number of pyridine rings is 1. The average molecular weight is 364 g/mol. The molecule has 25 heavy (non-hydrogen) atoms. The van der Waals surface area contributed by atoms with E-state index in [2.05, 4.69) is 15.6 Å². The summed E-state index contributed by atoms with van der Waals surface area (Å²) in [6, 6.07) is 9.11. The zero-order chi connectivity index (χ0) is 18.4. The number of methoxy groups -OCH3 is 1. The first-order valence-corrected chi connectivity index (χ1v) is 8.84. The third-order valence-electron chi connectivity index (χ3n) is 3.35. The fourth-order valence-corrected chi connectivity index (χ4v) is 2.99. The molecular weight excluding hydrogens is 344 g/mol. The lowest BCUT2D eigenvalue weighted by atomic mass is 10.2. The third kappa shape index (κ3) is 4.68. The van der Waals surface area contributed by atoms with Crippen LogP contribution in [0.1, 0.15) is 5.56 Å². The number of rotatable bonds is 6. The molecule has 2 aromatic rings. The van der Waals surface area contributed by atoms with Crippen LogP contribution in [-0.2, 0) is 16.6 Å². The van der Waals surface area contributed by atoms with Gasteiger partial charge >= 0.3 is 6.03 Å². The number of amides is 2. The Hall–Kier alpha value is -2.65. The summed E-state index contributed by atoms with van der Waals surface area (Å²) in [4.78, 5) is 16.2. The lowest BCUT2D eigenvalue weighted by molar-refractivity contribution is 0.251. The van der Waals surface area contributed by atoms with Gasteiger partial charge in [0.2, 0.25) is 15.9 Å². The van der Waals surface area contributed by atoms with E-state index in [9.17, 15) is 13.2 Å². The number of nitrogens with zero attached hydrogens (tertiary/aromatic N) is 2. The maximum Gasteiger partial charge on any atom is 0.319 e. The van der Waals surface area contributed by atoms with E-state index in [1.165, 1.54) is 33.3 Å². The highest BCUT2D eigenvalue weighted by Crippen LogP contribution is 2.18. The molecule has 2 N–H and O–H groups in total. The molecule has 0 unspecified atom stereocenters. The maximum atomic E-state index is 12.1. The third-order valence-corrected chi connectivity index (χ3v) is 5.16. The SMILES string of the molecule is COc1ncccc1CNC(=O)Nc1cccc(S(=O)(=O)N(C)C)c1. The van der Waals surface area contributed by atoms with Gasteiger partial charge in [0.05, 0.1) is 12.0 Å². The van der Waals surface area contributed by atoms with Crippen LogP contribution < -0.4 is 15.4 Å². The first kappa shape index (κ1) is 18.7. The van der Waals surface area contributed by atoms with Crippen LogP contribution in [-0.4, -0.2) is 44.9 Å². The highest BCUT2D eigenvalue weighted by Gasteiger charge is 2.17. The van der Waals surface area contributed by atoms with Gasteiger partial charge < -0.3 is 15.4 Å². The van der Waals surface area contributed by atoms with Gasteiger partial charge in [-0.2, -0.15) is 0 Å². The number of benzene rings is 1. The standard InChI is InChI=1S/C16H20N4O4S/c1-20(2)25(22,23)14-8-4-7-13(10-14)19-16(21)18-11-12-6-5-9-17-15(12)24-3/h4-10H,11H2,1-3H3,(H2,18,19,21). The fourth-order valence-electron chi connectivity index (χ4n) is 2.04. The van der Waals surface area contributed by atoms with Crippen LogP contribution in [0.3, 0.4) is 0 Å². The molecule has 0 radical (unpaired) electrons. The summed E-state index contributed by atoms with van der Waals surface area (Å²) in [6.07, 6.45) is 1.60. The summed E-state index contributed by atoms with van der Waals surface area (Å²) < 4.78 is 30.5. The van der Waals surface area contributed by atoms with Crippen molar-refractivity contribution in [3.8, 4) is 5.88 Å². The van der Waals surface area contributed by atoms with Gasteiger partial charge in [0.1, 0.15) is 0 Å². The van der Waals surface area contributed by atoms with E-state index in [0.29, 0.717) is 11.6 Å². The molecule has 0 bridgehead atoms. The molecule has 134 valence electrons. The molecule has 1 aromatic carbocycles. The fraction of sp³-hybridized carbons (Fsp3) is 0.250. The highest BCUT2D eigenvalue weighted by molar-refractivity contribution is 7.89. The van der Waals surface area contributed by atoms with Gasteiger partial charge in [-0.1, -0.05) is 12.1 Å². The van der Waals surface area contributed by atoms with Crippen molar-refractivity contribution < 1.29 is 17.9 Å². The van der Waals surface area contributed by atoms with Gasteiger partial charge in [0.25, 0.3) is 0 Å². The van der Waals surface area contributed by atoms with Crippen molar-refractivity contribution in [1.29, 1.82) is 0 Å². The Kier molecular flexibility index (Phi) is 5.94. The highest BCUT2D eigenvalue weighted by atomic mass is 32.2. The smallest absolute Gasteiger partial charge is 0.319 e. The van der Waals surface area contributed by atoms with Crippen LogP contribution in [0, 0.1) is 0 Å². The molecule has 1 heterocycles. The first-order chi connectivity index (χ1) is 11.8. The summed E-state index contributed by atoms with van der Waals surface area (Å²) in [5.41, 5.74) is 1.10. The number of nitrogens with one attached hydrogen (secondary N) is 2. The number of urea groups is 1. The van der Waals surface area contributed by atoms with E-state index >= 15 is 0 Å². The van der Waals surface area contributed by atoms with Crippen molar-refractivity contribution in [1.82, 2.24) is 14.6 Å². The largest absolute Gasteiger partial charge is 0.481 e. The second-order valence-electron chi connectivity index (χ2n) is 5.29. The Labute approximate surface area is 146 Å². The molecule has 0 aliphatic rings. The minimum Gasteiger partial charge on any atom is -0.481 e. The molecule has 0 atom stereocenters. The molecule has 0 spiro atoms. The second kappa shape index (κ2) is 7.95. The van der Waals surface area contributed by atoms with Gasteiger partial charge in [-0.15, -0.1) is 0 Å². The monoisotopic (exact) mass is 364 g/mol. The summed E-state index contributed by atoms with van der Waals surface area (Å²) >= 11 is 0. The zero-order valence-electron chi connectivity index (χ0n) is 14.2. The molecule has 2 amide bonds. The molecule has 0 saturated carbocycles. The Morgan fingerprint density at radius 1 is 1.24 bits per heavy atom. The minimum atomic E-state index is -3.56. The Balaban J connectivity index is 2.04. The van der Waals surface area contributed by atoms with Crippen LogP contribution in [0.15, 0.2) is 47.5 Å². The number of hydrogen-bond acceptors (Lipinski definition) is 5. The summed E-state index contributed by atoms with van der Waals surface area (Å²) in [6.45, 7) is 0.221. The summed E-state index contributed by atoms with van der Waals surface area (Å²) in [5, 5.41) is 5.28. The van der Waals surface area contributed by atoms with Crippen molar-refractivity contribution in [3.63, 3.8) is 0 Å². The molecule has 8 nitrogen and oxygen atoms in total. The van der Waals surface area contributed by atoms with E-state index in [-0.39, 0.29) is 11.4 Å². The van der Waals surface area contributed by atoms with Crippen LogP contribution in [0.5, 0.6) is 5.88 Å². The predicted molar refractivity (Wildman–Crippen MR) is 94.0 cm³/mol. The van der Waals surface area contributed by atoms with Gasteiger partial charge in [-0.05, 0) is 24.3 Å². The molecule has 1 aromatic heterocycles. The van der Waals surface area contributed by atoms with Crippen molar-refractivity contribution in [3.05, 3.63) is 48.2 Å².